The van der Waals surface area contributed by atoms with Crippen molar-refractivity contribution in [2.75, 3.05) is 31.2 Å². The number of nitrogens with two attached hydrogens (primary N) is 1. The standard InChI is InChI=1S/C14H19ClN2O/c15-12-10-11(14(16)4-1-5-14)2-3-13(12)17-6-8-18-9-7-17/h2-3,10H,1,4-9,16H2. The van der Waals surface area contributed by atoms with Crippen molar-refractivity contribution >= 4 is 17.3 Å². The molecule has 2 aliphatic rings. The second-order valence-corrected chi connectivity index (χ2v) is 5.68. The van der Waals surface area contributed by atoms with Gasteiger partial charge in [0.25, 0.3) is 0 Å². The molecule has 2 fully saturated rings. The predicted octanol–water partition coefficient (Wildman–Crippen LogP) is 2.51. The number of hydrogen-bond acceptors (Lipinski definition) is 3. The van der Waals surface area contributed by atoms with E-state index in [9.17, 15) is 0 Å². The van der Waals surface area contributed by atoms with Crippen LogP contribution in [0.25, 0.3) is 0 Å². The van der Waals surface area contributed by atoms with Crippen LogP contribution in [0.4, 0.5) is 5.69 Å². The molecule has 1 saturated heterocycles. The Balaban J connectivity index is 1.84. The Morgan fingerprint density at radius 3 is 2.50 bits per heavy atom. The summed E-state index contributed by atoms with van der Waals surface area (Å²) < 4.78 is 5.36. The highest BCUT2D eigenvalue weighted by Gasteiger charge is 2.34. The van der Waals surface area contributed by atoms with Gasteiger partial charge in [0.2, 0.25) is 0 Å². The summed E-state index contributed by atoms with van der Waals surface area (Å²) in [6.07, 6.45) is 3.36. The highest BCUT2D eigenvalue weighted by Crippen LogP contribution is 2.41. The molecule has 0 spiro atoms. The van der Waals surface area contributed by atoms with Gasteiger partial charge in [0.1, 0.15) is 0 Å². The van der Waals surface area contributed by atoms with Crippen molar-refractivity contribution in [3.63, 3.8) is 0 Å². The summed E-state index contributed by atoms with van der Waals surface area (Å²) in [7, 11) is 0. The van der Waals surface area contributed by atoms with E-state index in [0.29, 0.717) is 0 Å². The van der Waals surface area contributed by atoms with Crippen LogP contribution in [-0.2, 0) is 10.3 Å². The molecule has 3 rings (SSSR count). The van der Waals surface area contributed by atoms with Crippen molar-refractivity contribution in [1.82, 2.24) is 0 Å². The number of anilines is 1. The summed E-state index contributed by atoms with van der Waals surface area (Å²) in [5, 5.41) is 0.811. The van der Waals surface area contributed by atoms with Crippen LogP contribution < -0.4 is 10.6 Å². The molecule has 1 aromatic carbocycles. The van der Waals surface area contributed by atoms with Gasteiger partial charge in [-0.05, 0) is 37.0 Å². The first-order valence-electron chi connectivity index (χ1n) is 6.61. The molecule has 0 unspecified atom stereocenters. The lowest BCUT2D eigenvalue weighted by Crippen LogP contribution is -2.43. The fourth-order valence-electron chi connectivity index (χ4n) is 2.72. The van der Waals surface area contributed by atoms with Gasteiger partial charge in [-0.2, -0.15) is 0 Å². The van der Waals surface area contributed by atoms with Crippen LogP contribution >= 0.6 is 11.6 Å². The molecule has 1 aliphatic heterocycles. The fourth-order valence-corrected chi connectivity index (χ4v) is 3.02. The summed E-state index contributed by atoms with van der Waals surface area (Å²) in [4.78, 5) is 2.28. The van der Waals surface area contributed by atoms with Crippen molar-refractivity contribution in [3.05, 3.63) is 28.8 Å². The van der Waals surface area contributed by atoms with Crippen molar-refractivity contribution < 1.29 is 4.74 Å². The molecule has 1 aliphatic carbocycles. The molecule has 0 amide bonds. The maximum absolute atomic E-state index is 6.41. The average Bonchev–Trinajstić information content (AvgIpc) is 2.37. The number of rotatable bonds is 2. The van der Waals surface area contributed by atoms with Crippen LogP contribution in [0, 0.1) is 0 Å². The van der Waals surface area contributed by atoms with Crippen molar-refractivity contribution in [3.8, 4) is 0 Å². The van der Waals surface area contributed by atoms with Crippen LogP contribution in [0.2, 0.25) is 5.02 Å². The third kappa shape index (κ3) is 2.11. The van der Waals surface area contributed by atoms with Gasteiger partial charge in [-0.1, -0.05) is 17.7 Å². The molecule has 98 valence electrons. The molecule has 0 bridgehead atoms. The smallest absolute Gasteiger partial charge is 0.0643 e. The molecule has 1 heterocycles. The molecular formula is C14H19ClN2O. The molecule has 2 N–H and O–H groups in total. The van der Waals surface area contributed by atoms with E-state index in [0.717, 1.165) is 49.9 Å². The Kier molecular flexibility index (Phi) is 3.22. The molecule has 18 heavy (non-hydrogen) atoms. The number of halogens is 1. The van der Waals surface area contributed by atoms with Crippen LogP contribution in [0.3, 0.4) is 0 Å². The van der Waals surface area contributed by atoms with E-state index in [-0.39, 0.29) is 5.54 Å². The Morgan fingerprint density at radius 2 is 1.94 bits per heavy atom. The van der Waals surface area contributed by atoms with E-state index in [2.05, 4.69) is 17.0 Å². The number of hydrogen-bond donors (Lipinski definition) is 1. The molecular weight excluding hydrogens is 248 g/mol. The van der Waals surface area contributed by atoms with Crippen LogP contribution in [-0.4, -0.2) is 26.3 Å². The van der Waals surface area contributed by atoms with E-state index < -0.39 is 0 Å². The zero-order valence-electron chi connectivity index (χ0n) is 10.5. The quantitative estimate of drug-likeness (QED) is 0.894. The maximum atomic E-state index is 6.41. The van der Waals surface area contributed by atoms with Gasteiger partial charge in [0.05, 0.1) is 23.9 Å². The average molecular weight is 267 g/mol. The van der Waals surface area contributed by atoms with E-state index in [4.69, 9.17) is 22.1 Å². The second kappa shape index (κ2) is 4.72. The normalized spacial score (nSPS) is 22.7. The van der Waals surface area contributed by atoms with Crippen LogP contribution in [0.15, 0.2) is 18.2 Å². The summed E-state index contributed by atoms with van der Waals surface area (Å²) in [5.41, 5.74) is 8.48. The lowest BCUT2D eigenvalue weighted by atomic mass is 9.73. The van der Waals surface area contributed by atoms with E-state index in [1.54, 1.807) is 0 Å². The minimum absolute atomic E-state index is 0.132. The van der Waals surface area contributed by atoms with Crippen molar-refractivity contribution in [2.24, 2.45) is 5.73 Å². The zero-order chi connectivity index (χ0) is 12.6. The topological polar surface area (TPSA) is 38.5 Å². The van der Waals surface area contributed by atoms with Gasteiger partial charge in [-0.15, -0.1) is 0 Å². The lowest BCUT2D eigenvalue weighted by molar-refractivity contribution is 0.122. The predicted molar refractivity (Wildman–Crippen MR) is 74.2 cm³/mol. The van der Waals surface area contributed by atoms with Gasteiger partial charge in [-0.25, -0.2) is 0 Å². The third-order valence-corrected chi connectivity index (χ3v) is 4.42. The number of ether oxygens (including phenoxy) is 1. The van der Waals surface area contributed by atoms with Crippen molar-refractivity contribution in [1.29, 1.82) is 0 Å². The Hall–Kier alpha value is -0.770. The van der Waals surface area contributed by atoms with Crippen molar-refractivity contribution in [2.45, 2.75) is 24.8 Å². The lowest BCUT2D eigenvalue weighted by Gasteiger charge is -2.39. The molecule has 1 saturated carbocycles. The Labute approximate surface area is 113 Å². The number of benzene rings is 1. The molecule has 3 nitrogen and oxygen atoms in total. The first kappa shape index (κ1) is 12.3. The Bertz CT molecular complexity index is 439. The maximum Gasteiger partial charge on any atom is 0.0643 e. The number of nitrogens with zero attached hydrogens (tertiary/aromatic N) is 1. The molecule has 0 aromatic heterocycles. The first-order valence-corrected chi connectivity index (χ1v) is 6.98. The van der Waals surface area contributed by atoms with Gasteiger partial charge < -0.3 is 15.4 Å². The van der Waals surface area contributed by atoms with Gasteiger partial charge in [0, 0.05) is 18.6 Å². The van der Waals surface area contributed by atoms with E-state index in [1.807, 2.05) is 6.07 Å². The van der Waals surface area contributed by atoms with E-state index >= 15 is 0 Å². The number of morpholine rings is 1. The third-order valence-electron chi connectivity index (χ3n) is 4.12. The molecule has 1 aromatic rings. The minimum Gasteiger partial charge on any atom is -0.378 e. The highest BCUT2D eigenvalue weighted by molar-refractivity contribution is 6.33. The molecule has 4 heteroatoms. The Morgan fingerprint density at radius 1 is 1.22 bits per heavy atom. The molecule has 0 atom stereocenters. The monoisotopic (exact) mass is 266 g/mol. The van der Waals surface area contributed by atoms with Gasteiger partial charge in [-0.3, -0.25) is 0 Å². The summed E-state index contributed by atoms with van der Waals surface area (Å²) in [6.45, 7) is 3.37. The summed E-state index contributed by atoms with van der Waals surface area (Å²) >= 11 is 6.41. The first-order chi connectivity index (χ1) is 8.69. The zero-order valence-corrected chi connectivity index (χ0v) is 11.2. The summed E-state index contributed by atoms with van der Waals surface area (Å²) in [5.74, 6) is 0. The molecule has 0 radical (unpaired) electrons. The van der Waals surface area contributed by atoms with Crippen LogP contribution in [0.5, 0.6) is 0 Å². The summed E-state index contributed by atoms with van der Waals surface area (Å²) in [6, 6.07) is 6.29. The van der Waals surface area contributed by atoms with Crippen LogP contribution in [0.1, 0.15) is 24.8 Å². The van der Waals surface area contributed by atoms with E-state index in [1.165, 1.54) is 12.0 Å². The SMILES string of the molecule is NC1(c2ccc(N3CCOCC3)c(Cl)c2)CCC1. The largest absolute Gasteiger partial charge is 0.378 e. The second-order valence-electron chi connectivity index (χ2n) is 5.28. The fraction of sp³-hybridized carbons (Fsp3) is 0.571. The highest BCUT2D eigenvalue weighted by atomic mass is 35.5. The van der Waals surface area contributed by atoms with Gasteiger partial charge >= 0.3 is 0 Å². The van der Waals surface area contributed by atoms with Gasteiger partial charge in [0.15, 0.2) is 0 Å². The minimum atomic E-state index is -0.132.